The van der Waals surface area contributed by atoms with Gasteiger partial charge in [-0.05, 0) is 69.1 Å². The van der Waals surface area contributed by atoms with Gasteiger partial charge < -0.3 is 15.0 Å². The first-order valence-electron chi connectivity index (χ1n) is 11.2. The predicted molar refractivity (Wildman–Crippen MR) is 128 cm³/mol. The number of unbranched alkanes of at least 4 members (excludes halogenated alkanes) is 1. The minimum Gasteiger partial charge on any atom is -0.489 e. The Kier molecular flexibility index (Phi) is 8.32. The van der Waals surface area contributed by atoms with E-state index in [1.807, 2.05) is 18.3 Å². The van der Waals surface area contributed by atoms with Crippen molar-refractivity contribution in [2.75, 3.05) is 19.7 Å². The van der Waals surface area contributed by atoms with Crippen molar-refractivity contribution in [3.8, 4) is 5.75 Å². The number of carbonyl (C=O) groups is 1. The summed E-state index contributed by atoms with van der Waals surface area (Å²) in [6, 6.07) is 9.71. The number of benzene rings is 2. The Hall–Kier alpha value is -2.64. The van der Waals surface area contributed by atoms with Crippen LogP contribution in [-0.4, -0.2) is 41.1 Å². The van der Waals surface area contributed by atoms with Crippen molar-refractivity contribution in [3.63, 3.8) is 0 Å². The maximum Gasteiger partial charge on any atom is 0.249 e. The fourth-order valence-electron chi connectivity index (χ4n) is 4.64. The van der Waals surface area contributed by atoms with Crippen LogP contribution in [-0.2, 0) is 13.0 Å². The highest BCUT2D eigenvalue weighted by Gasteiger charge is 2.29. The molecule has 1 aliphatic heterocycles. The molecule has 2 heterocycles. The number of ether oxygens (including phenoxy) is 1. The van der Waals surface area contributed by atoms with E-state index in [1.54, 1.807) is 6.07 Å². The van der Waals surface area contributed by atoms with Gasteiger partial charge in [0.1, 0.15) is 12.4 Å². The lowest BCUT2D eigenvalue weighted by Crippen LogP contribution is -2.44. The Morgan fingerprint density at radius 3 is 2.73 bits per heavy atom. The Morgan fingerprint density at radius 1 is 1.15 bits per heavy atom. The van der Waals surface area contributed by atoms with Gasteiger partial charge in [-0.1, -0.05) is 13.0 Å². The van der Waals surface area contributed by atoms with Crippen molar-refractivity contribution in [2.45, 2.75) is 45.2 Å². The first-order valence-corrected chi connectivity index (χ1v) is 11.2. The van der Waals surface area contributed by atoms with Gasteiger partial charge in [-0.3, -0.25) is 9.69 Å². The fourth-order valence-corrected chi connectivity index (χ4v) is 4.64. The van der Waals surface area contributed by atoms with Gasteiger partial charge in [0.25, 0.3) is 0 Å². The van der Waals surface area contributed by atoms with E-state index in [2.05, 4.69) is 16.4 Å². The number of halogens is 3. The van der Waals surface area contributed by atoms with E-state index in [4.69, 9.17) is 10.5 Å². The molecule has 178 valence electrons. The highest BCUT2D eigenvalue weighted by atomic mass is 35.5. The molecular weight excluding hydrogens is 448 g/mol. The van der Waals surface area contributed by atoms with Crippen molar-refractivity contribution < 1.29 is 18.3 Å². The second-order valence-electron chi connectivity index (χ2n) is 8.36. The fraction of sp³-hybridized carbons (Fsp3) is 0.400. The SMILES string of the molecule is CCCN(CCCCn1ccc2c(F)cccc21)C1COc2c(F)ccc(C(N)=O)c2C1.Cl. The maximum absolute atomic E-state index is 14.2. The number of aromatic nitrogens is 1. The molecule has 1 unspecified atom stereocenters. The highest BCUT2D eigenvalue weighted by molar-refractivity contribution is 5.95. The molecule has 33 heavy (non-hydrogen) atoms. The lowest BCUT2D eigenvalue weighted by Gasteiger charge is -2.35. The van der Waals surface area contributed by atoms with E-state index in [1.165, 1.54) is 18.2 Å². The average molecular weight is 478 g/mol. The number of nitrogens with zero attached hydrogens (tertiary/aromatic N) is 2. The molecule has 0 saturated heterocycles. The maximum atomic E-state index is 14.2. The number of nitrogens with two attached hydrogens (primary N) is 1. The summed E-state index contributed by atoms with van der Waals surface area (Å²) in [4.78, 5) is 14.2. The van der Waals surface area contributed by atoms with Crippen molar-refractivity contribution in [1.29, 1.82) is 0 Å². The number of hydrogen-bond donors (Lipinski definition) is 1. The van der Waals surface area contributed by atoms with Crippen LogP contribution in [0.2, 0.25) is 0 Å². The van der Waals surface area contributed by atoms with Gasteiger partial charge in [0.2, 0.25) is 5.91 Å². The van der Waals surface area contributed by atoms with Crippen LogP contribution in [0.25, 0.3) is 10.9 Å². The van der Waals surface area contributed by atoms with Crippen LogP contribution in [0.1, 0.15) is 42.1 Å². The first-order chi connectivity index (χ1) is 15.5. The molecule has 0 radical (unpaired) electrons. The van der Waals surface area contributed by atoms with Crippen LogP contribution in [0.4, 0.5) is 8.78 Å². The van der Waals surface area contributed by atoms with Crippen LogP contribution >= 0.6 is 12.4 Å². The molecule has 0 aliphatic carbocycles. The third kappa shape index (κ3) is 5.31. The summed E-state index contributed by atoms with van der Waals surface area (Å²) >= 11 is 0. The first kappa shape index (κ1) is 25.0. The van der Waals surface area contributed by atoms with Gasteiger partial charge in [0.05, 0.1) is 5.52 Å². The van der Waals surface area contributed by atoms with Gasteiger partial charge in [-0.2, -0.15) is 0 Å². The number of amides is 1. The zero-order valence-electron chi connectivity index (χ0n) is 18.7. The Morgan fingerprint density at radius 2 is 1.97 bits per heavy atom. The quantitative estimate of drug-likeness (QED) is 0.444. The summed E-state index contributed by atoms with van der Waals surface area (Å²) in [6.07, 6.45) is 5.36. The summed E-state index contributed by atoms with van der Waals surface area (Å²) in [7, 11) is 0. The van der Waals surface area contributed by atoms with E-state index in [0.717, 1.165) is 44.4 Å². The van der Waals surface area contributed by atoms with Gasteiger partial charge >= 0.3 is 0 Å². The van der Waals surface area contributed by atoms with Crippen LogP contribution in [0.15, 0.2) is 42.6 Å². The highest BCUT2D eigenvalue weighted by Crippen LogP contribution is 2.32. The van der Waals surface area contributed by atoms with E-state index in [9.17, 15) is 13.6 Å². The third-order valence-corrected chi connectivity index (χ3v) is 6.22. The molecule has 4 rings (SSSR count). The minimum atomic E-state index is -0.567. The number of carbonyl (C=O) groups excluding carboxylic acids is 1. The van der Waals surface area contributed by atoms with Gasteiger partial charge in [-0.25, -0.2) is 8.78 Å². The molecule has 1 aliphatic rings. The second kappa shape index (κ2) is 11.0. The van der Waals surface area contributed by atoms with Gasteiger partial charge in [0, 0.05) is 35.3 Å². The average Bonchev–Trinajstić information content (AvgIpc) is 3.20. The number of primary amides is 1. The summed E-state index contributed by atoms with van der Waals surface area (Å²) in [5.41, 5.74) is 7.31. The molecule has 0 saturated carbocycles. The van der Waals surface area contributed by atoms with Crippen LogP contribution in [0.3, 0.4) is 0 Å². The molecule has 2 N–H and O–H groups in total. The van der Waals surface area contributed by atoms with Crippen molar-refractivity contribution in [1.82, 2.24) is 9.47 Å². The molecular formula is C25H30ClF2N3O2. The lowest BCUT2D eigenvalue weighted by atomic mass is 9.95. The van der Waals surface area contributed by atoms with Crippen LogP contribution in [0, 0.1) is 11.6 Å². The van der Waals surface area contributed by atoms with E-state index >= 15 is 0 Å². The zero-order valence-corrected chi connectivity index (χ0v) is 19.5. The molecule has 1 amide bonds. The summed E-state index contributed by atoms with van der Waals surface area (Å²) < 4.78 is 35.9. The molecule has 1 aromatic heterocycles. The Balaban J connectivity index is 0.00000306. The third-order valence-electron chi connectivity index (χ3n) is 6.22. The number of hydrogen-bond acceptors (Lipinski definition) is 3. The van der Waals surface area contributed by atoms with Gasteiger partial charge in [-0.15, -0.1) is 12.4 Å². The van der Waals surface area contributed by atoms with Crippen LogP contribution in [0.5, 0.6) is 5.75 Å². The van der Waals surface area contributed by atoms with E-state index < -0.39 is 11.7 Å². The standard InChI is InChI=1S/C25H29F2N3O2.ClH/c1-2-11-29(12-3-4-13-30-14-10-19-21(26)6-5-7-23(19)30)17-15-20-18(25(28)31)8-9-22(27)24(20)32-16-17;/h5-10,14,17H,2-4,11-13,15-16H2,1H3,(H2,28,31);1H. The molecule has 1 atom stereocenters. The number of aryl methyl sites for hydroxylation is 1. The summed E-state index contributed by atoms with van der Waals surface area (Å²) in [5, 5.41) is 0.649. The van der Waals surface area contributed by atoms with Gasteiger partial charge in [0.15, 0.2) is 11.6 Å². The van der Waals surface area contributed by atoms with Crippen molar-refractivity contribution in [3.05, 3.63) is 65.4 Å². The van der Waals surface area contributed by atoms with E-state index in [0.29, 0.717) is 29.5 Å². The van der Waals surface area contributed by atoms with Crippen LogP contribution < -0.4 is 10.5 Å². The summed E-state index contributed by atoms with van der Waals surface area (Å²) in [6.45, 7) is 5.08. The number of rotatable bonds is 9. The number of fused-ring (bicyclic) bond motifs is 2. The predicted octanol–water partition coefficient (Wildman–Crippen LogP) is 4.94. The minimum absolute atomic E-state index is 0. The Labute approximate surface area is 198 Å². The van der Waals surface area contributed by atoms with E-state index in [-0.39, 0.29) is 30.0 Å². The molecule has 0 fully saturated rings. The monoisotopic (exact) mass is 477 g/mol. The molecule has 0 bridgehead atoms. The molecule has 3 aromatic rings. The zero-order chi connectivity index (χ0) is 22.7. The molecule has 8 heteroatoms. The Bertz CT molecular complexity index is 1120. The topological polar surface area (TPSA) is 60.5 Å². The molecule has 0 spiro atoms. The normalized spacial score (nSPS) is 15.2. The smallest absolute Gasteiger partial charge is 0.249 e. The molecule has 5 nitrogen and oxygen atoms in total. The van der Waals surface area contributed by atoms with Crippen molar-refractivity contribution >= 4 is 29.2 Å². The summed E-state index contributed by atoms with van der Waals surface area (Å²) in [5.74, 6) is -1.07. The molecule has 2 aromatic carbocycles. The largest absolute Gasteiger partial charge is 0.489 e. The lowest BCUT2D eigenvalue weighted by molar-refractivity contribution is 0.0983. The second-order valence-corrected chi connectivity index (χ2v) is 8.36. The van der Waals surface area contributed by atoms with Crippen molar-refractivity contribution in [2.24, 2.45) is 5.73 Å².